The van der Waals surface area contributed by atoms with Gasteiger partial charge in [-0.05, 0) is 56.2 Å². The van der Waals surface area contributed by atoms with Crippen molar-refractivity contribution in [1.29, 1.82) is 0 Å². The van der Waals surface area contributed by atoms with Crippen molar-refractivity contribution in [2.24, 2.45) is 7.05 Å². The number of carbonyl (C=O) groups excluding carboxylic acids is 1. The second kappa shape index (κ2) is 7.70. The van der Waals surface area contributed by atoms with Crippen molar-refractivity contribution in [2.45, 2.75) is 33.4 Å². The first-order valence-corrected chi connectivity index (χ1v) is 8.85. The highest BCUT2D eigenvalue weighted by Crippen LogP contribution is 2.24. The predicted octanol–water partition coefficient (Wildman–Crippen LogP) is 3.98. The summed E-state index contributed by atoms with van der Waals surface area (Å²) in [6.45, 7) is 6.30. The van der Waals surface area contributed by atoms with Gasteiger partial charge in [-0.25, -0.2) is 9.37 Å². The van der Waals surface area contributed by atoms with Crippen molar-refractivity contribution in [3.05, 3.63) is 71.7 Å². The van der Waals surface area contributed by atoms with Crippen LogP contribution in [-0.4, -0.2) is 31.4 Å². The molecule has 1 amide bonds. The Morgan fingerprint density at radius 2 is 2.00 bits per heavy atom. The Bertz CT molecular complexity index is 964. The molecule has 0 unspecified atom stereocenters. The van der Waals surface area contributed by atoms with E-state index in [1.807, 2.05) is 40.0 Å². The third-order valence-electron chi connectivity index (χ3n) is 4.46. The molecule has 2 aromatic heterocycles. The van der Waals surface area contributed by atoms with Gasteiger partial charge in [0.05, 0.1) is 12.0 Å². The van der Waals surface area contributed by atoms with Crippen LogP contribution in [0.3, 0.4) is 0 Å². The maximum Gasteiger partial charge on any atom is 0.274 e. The molecule has 0 atom stereocenters. The molecule has 3 rings (SSSR count). The van der Waals surface area contributed by atoms with Crippen LogP contribution in [0.1, 0.15) is 35.5 Å². The number of pyridine rings is 1. The zero-order valence-electron chi connectivity index (χ0n) is 16.0. The lowest BCUT2D eigenvalue weighted by molar-refractivity contribution is 0.0684. The summed E-state index contributed by atoms with van der Waals surface area (Å²) in [6, 6.07) is 8.45. The van der Waals surface area contributed by atoms with Gasteiger partial charge in [-0.15, -0.1) is 0 Å². The minimum absolute atomic E-state index is 0.00651. The molecule has 0 spiro atoms. The molecule has 0 bridgehead atoms. The van der Waals surface area contributed by atoms with Gasteiger partial charge >= 0.3 is 0 Å². The lowest BCUT2D eigenvalue weighted by atomic mass is 10.0. The summed E-state index contributed by atoms with van der Waals surface area (Å²) in [5, 5.41) is 0. The smallest absolute Gasteiger partial charge is 0.274 e. The molecule has 6 heteroatoms. The number of nitrogens with zero attached hydrogens (tertiary/aromatic N) is 4. The predicted molar refractivity (Wildman–Crippen MR) is 103 cm³/mol. The number of benzene rings is 1. The number of amides is 1. The van der Waals surface area contributed by atoms with Gasteiger partial charge in [0.2, 0.25) is 0 Å². The topological polar surface area (TPSA) is 51.0 Å². The molecular formula is C21H23FN4O. The second-order valence-electron chi connectivity index (χ2n) is 6.96. The monoisotopic (exact) mass is 366 g/mol. The van der Waals surface area contributed by atoms with Crippen LogP contribution in [0.2, 0.25) is 0 Å². The summed E-state index contributed by atoms with van der Waals surface area (Å²) in [5.41, 5.74) is 3.75. The standard InChI is InChI=1S/C21H23FN4O/c1-14(2)26(21(27)20-12-25(4)13-24-20)11-16-7-8-23-19(9-16)18-10-17(22)6-5-15(18)3/h5-10,12-14H,11H2,1-4H3. The van der Waals surface area contributed by atoms with E-state index >= 15 is 0 Å². The largest absolute Gasteiger partial charge is 0.340 e. The first-order valence-electron chi connectivity index (χ1n) is 8.85. The van der Waals surface area contributed by atoms with Crippen LogP contribution in [0.5, 0.6) is 0 Å². The summed E-state index contributed by atoms with van der Waals surface area (Å²) >= 11 is 0. The summed E-state index contributed by atoms with van der Waals surface area (Å²) in [5.74, 6) is -0.414. The molecular weight excluding hydrogens is 343 g/mol. The molecule has 2 heterocycles. The van der Waals surface area contributed by atoms with Crippen LogP contribution in [0, 0.1) is 12.7 Å². The Morgan fingerprint density at radius 3 is 2.67 bits per heavy atom. The zero-order chi connectivity index (χ0) is 19.6. The lowest BCUT2D eigenvalue weighted by Crippen LogP contribution is -2.36. The second-order valence-corrected chi connectivity index (χ2v) is 6.96. The van der Waals surface area contributed by atoms with Gasteiger partial charge < -0.3 is 9.47 Å². The maximum absolute atomic E-state index is 13.7. The van der Waals surface area contributed by atoms with Crippen LogP contribution >= 0.6 is 0 Å². The highest BCUT2D eigenvalue weighted by atomic mass is 19.1. The third-order valence-corrected chi connectivity index (χ3v) is 4.46. The Labute approximate surface area is 158 Å². The van der Waals surface area contributed by atoms with Gasteiger partial charge in [0.25, 0.3) is 5.91 Å². The number of aryl methyl sites for hydroxylation is 2. The average molecular weight is 366 g/mol. The summed E-state index contributed by atoms with van der Waals surface area (Å²) in [4.78, 5) is 23.2. The van der Waals surface area contributed by atoms with Gasteiger partial charge in [-0.3, -0.25) is 9.78 Å². The molecule has 0 radical (unpaired) electrons. The molecule has 0 saturated heterocycles. The highest BCUT2D eigenvalue weighted by Gasteiger charge is 2.21. The minimum Gasteiger partial charge on any atom is -0.340 e. The van der Waals surface area contributed by atoms with Crippen molar-refractivity contribution in [3.8, 4) is 11.3 Å². The molecule has 0 N–H and O–H groups in total. The molecule has 27 heavy (non-hydrogen) atoms. The van der Waals surface area contributed by atoms with Crippen LogP contribution in [0.15, 0.2) is 49.1 Å². The van der Waals surface area contributed by atoms with E-state index in [0.29, 0.717) is 17.9 Å². The number of rotatable bonds is 5. The van der Waals surface area contributed by atoms with Crippen LogP contribution in [-0.2, 0) is 13.6 Å². The van der Waals surface area contributed by atoms with E-state index in [2.05, 4.69) is 9.97 Å². The number of carbonyl (C=O) groups is 1. The van der Waals surface area contributed by atoms with Crippen molar-refractivity contribution in [2.75, 3.05) is 0 Å². The zero-order valence-corrected chi connectivity index (χ0v) is 16.0. The molecule has 140 valence electrons. The minimum atomic E-state index is -0.295. The molecule has 1 aromatic carbocycles. The highest BCUT2D eigenvalue weighted by molar-refractivity contribution is 5.92. The Kier molecular flexibility index (Phi) is 5.35. The molecule has 0 aliphatic carbocycles. The maximum atomic E-state index is 13.7. The Hall–Kier alpha value is -3.02. The van der Waals surface area contributed by atoms with Crippen molar-refractivity contribution >= 4 is 5.91 Å². The first-order chi connectivity index (χ1) is 12.8. The normalized spacial score (nSPS) is 11.0. The SMILES string of the molecule is Cc1ccc(F)cc1-c1cc(CN(C(=O)c2cn(C)cn2)C(C)C)ccn1. The molecule has 5 nitrogen and oxygen atoms in total. The number of hydrogen-bond donors (Lipinski definition) is 0. The van der Waals surface area contributed by atoms with E-state index in [1.54, 1.807) is 34.3 Å². The van der Waals surface area contributed by atoms with Gasteiger partial charge in [0, 0.05) is 37.6 Å². The van der Waals surface area contributed by atoms with Gasteiger partial charge in [-0.1, -0.05) is 6.07 Å². The fraction of sp³-hybridized carbons (Fsp3) is 0.286. The first kappa shape index (κ1) is 18.8. The third kappa shape index (κ3) is 4.22. The molecule has 0 fully saturated rings. The fourth-order valence-corrected chi connectivity index (χ4v) is 2.95. The lowest BCUT2D eigenvalue weighted by Gasteiger charge is -2.26. The van der Waals surface area contributed by atoms with E-state index in [-0.39, 0.29) is 17.8 Å². The van der Waals surface area contributed by atoms with Crippen LogP contribution < -0.4 is 0 Å². The van der Waals surface area contributed by atoms with E-state index in [9.17, 15) is 9.18 Å². The Morgan fingerprint density at radius 1 is 1.22 bits per heavy atom. The number of halogens is 1. The van der Waals surface area contributed by atoms with Crippen molar-refractivity contribution in [1.82, 2.24) is 19.4 Å². The van der Waals surface area contributed by atoms with Gasteiger partial charge in [0.15, 0.2) is 0 Å². The summed E-state index contributed by atoms with van der Waals surface area (Å²) < 4.78 is 15.4. The van der Waals surface area contributed by atoms with E-state index < -0.39 is 0 Å². The van der Waals surface area contributed by atoms with Gasteiger partial charge in [-0.2, -0.15) is 0 Å². The van der Waals surface area contributed by atoms with Crippen LogP contribution in [0.4, 0.5) is 4.39 Å². The Balaban J connectivity index is 1.89. The average Bonchev–Trinajstić information content (AvgIpc) is 3.07. The molecule has 0 aliphatic heterocycles. The number of imidazole rings is 1. The number of hydrogen-bond acceptors (Lipinski definition) is 3. The van der Waals surface area contributed by atoms with Gasteiger partial charge in [0.1, 0.15) is 11.5 Å². The fourth-order valence-electron chi connectivity index (χ4n) is 2.95. The number of aromatic nitrogens is 3. The van der Waals surface area contributed by atoms with E-state index in [4.69, 9.17) is 0 Å². The molecule has 3 aromatic rings. The summed E-state index contributed by atoms with van der Waals surface area (Å²) in [6.07, 6.45) is 5.02. The molecule has 0 saturated carbocycles. The quantitative estimate of drug-likeness (QED) is 0.686. The van der Waals surface area contributed by atoms with E-state index in [1.165, 1.54) is 12.1 Å². The molecule has 0 aliphatic rings. The van der Waals surface area contributed by atoms with Crippen molar-refractivity contribution < 1.29 is 9.18 Å². The van der Waals surface area contributed by atoms with E-state index in [0.717, 1.165) is 16.7 Å². The van der Waals surface area contributed by atoms with Crippen LogP contribution in [0.25, 0.3) is 11.3 Å². The van der Waals surface area contributed by atoms with Crippen molar-refractivity contribution in [3.63, 3.8) is 0 Å². The summed E-state index contributed by atoms with van der Waals surface area (Å²) in [7, 11) is 1.83.